The third-order valence-electron chi connectivity index (χ3n) is 3.62. The Bertz CT molecular complexity index is 744. The Morgan fingerprint density at radius 1 is 1.17 bits per heavy atom. The molecule has 23 heavy (non-hydrogen) atoms. The quantitative estimate of drug-likeness (QED) is 0.808. The van der Waals surface area contributed by atoms with Crippen molar-refractivity contribution in [2.45, 2.75) is 42.0 Å². The van der Waals surface area contributed by atoms with Crippen LogP contribution in [0.3, 0.4) is 0 Å². The molecule has 3 rings (SSSR count). The minimum atomic E-state index is -3.44. The van der Waals surface area contributed by atoms with Crippen LogP contribution in [-0.2, 0) is 10.0 Å². The predicted octanol–water partition coefficient (Wildman–Crippen LogP) is 2.97. The van der Waals surface area contributed by atoms with Crippen molar-refractivity contribution in [2.75, 3.05) is 0 Å². The van der Waals surface area contributed by atoms with Crippen molar-refractivity contribution in [1.29, 1.82) is 0 Å². The molecule has 0 unspecified atom stereocenters. The number of hydrogen-bond acceptors (Lipinski definition) is 6. The zero-order valence-corrected chi connectivity index (χ0v) is 15.4. The number of sulfonamides is 1. The summed E-state index contributed by atoms with van der Waals surface area (Å²) in [6.45, 7) is 0. The molecule has 0 amide bonds. The molecule has 0 bridgehead atoms. The number of nitrogens with zero attached hydrogens (tertiary/aromatic N) is 2. The standard InChI is InChI=1S/C14H16BrN3O3S2/c15-12-6-7-13(22-12)23(19,20)18-10-2-4-11(5-3-10)21-14-16-8-1-9-17-14/h1,6-11,18H,2-5H2. The summed E-state index contributed by atoms with van der Waals surface area (Å²) in [6, 6.07) is 5.40. The molecular formula is C14H16BrN3O3S2. The monoisotopic (exact) mass is 417 g/mol. The molecule has 0 spiro atoms. The summed E-state index contributed by atoms with van der Waals surface area (Å²) >= 11 is 4.50. The van der Waals surface area contributed by atoms with E-state index < -0.39 is 10.0 Å². The molecule has 1 aliphatic rings. The van der Waals surface area contributed by atoms with E-state index in [0.717, 1.165) is 29.5 Å². The van der Waals surface area contributed by atoms with Gasteiger partial charge < -0.3 is 4.74 Å². The highest BCUT2D eigenvalue weighted by atomic mass is 79.9. The summed E-state index contributed by atoms with van der Waals surface area (Å²) < 4.78 is 34.3. The van der Waals surface area contributed by atoms with Gasteiger partial charge in [-0.05, 0) is 59.8 Å². The van der Waals surface area contributed by atoms with Crippen LogP contribution in [0.4, 0.5) is 0 Å². The number of nitrogens with one attached hydrogen (secondary N) is 1. The van der Waals surface area contributed by atoms with E-state index in [1.807, 2.05) is 0 Å². The molecule has 0 aliphatic heterocycles. The highest BCUT2D eigenvalue weighted by Gasteiger charge is 2.27. The molecule has 9 heteroatoms. The van der Waals surface area contributed by atoms with Crippen molar-refractivity contribution in [3.05, 3.63) is 34.4 Å². The molecule has 124 valence electrons. The maximum Gasteiger partial charge on any atom is 0.316 e. The van der Waals surface area contributed by atoms with Crippen LogP contribution < -0.4 is 9.46 Å². The van der Waals surface area contributed by atoms with Crippen LogP contribution in [0.15, 0.2) is 38.6 Å². The van der Waals surface area contributed by atoms with Crippen LogP contribution >= 0.6 is 27.3 Å². The third kappa shape index (κ3) is 4.50. The lowest BCUT2D eigenvalue weighted by atomic mass is 9.94. The van der Waals surface area contributed by atoms with Crippen LogP contribution in [-0.4, -0.2) is 30.5 Å². The van der Waals surface area contributed by atoms with Crippen molar-refractivity contribution < 1.29 is 13.2 Å². The van der Waals surface area contributed by atoms with Crippen molar-refractivity contribution in [1.82, 2.24) is 14.7 Å². The lowest BCUT2D eigenvalue weighted by molar-refractivity contribution is 0.132. The lowest BCUT2D eigenvalue weighted by Gasteiger charge is -2.28. The Morgan fingerprint density at radius 2 is 1.87 bits per heavy atom. The largest absolute Gasteiger partial charge is 0.460 e. The molecule has 0 atom stereocenters. The summed E-state index contributed by atoms with van der Waals surface area (Å²) in [5.74, 6) is 0. The second-order valence-corrected chi connectivity index (χ2v) is 9.71. The molecule has 2 aromatic heterocycles. The fourth-order valence-corrected chi connectivity index (χ4v) is 5.85. The van der Waals surface area contributed by atoms with Crippen molar-refractivity contribution >= 4 is 37.3 Å². The summed E-state index contributed by atoms with van der Waals surface area (Å²) in [5, 5.41) is 0. The fourth-order valence-electron chi connectivity index (χ4n) is 2.51. The van der Waals surface area contributed by atoms with Gasteiger partial charge in [-0.15, -0.1) is 11.3 Å². The Labute approximate surface area is 147 Å². The minimum absolute atomic E-state index is 0.0361. The SMILES string of the molecule is O=S(=O)(NC1CCC(Oc2ncccn2)CC1)c1ccc(Br)s1. The van der Waals surface area contributed by atoms with Crippen molar-refractivity contribution in [3.8, 4) is 6.01 Å². The van der Waals surface area contributed by atoms with Gasteiger partial charge in [0.15, 0.2) is 0 Å². The van der Waals surface area contributed by atoms with Gasteiger partial charge in [0.2, 0.25) is 10.0 Å². The second kappa shape index (κ2) is 7.25. The fraction of sp³-hybridized carbons (Fsp3) is 0.429. The Morgan fingerprint density at radius 3 is 2.48 bits per heavy atom. The summed E-state index contributed by atoms with van der Waals surface area (Å²) in [7, 11) is -3.44. The second-order valence-electron chi connectivity index (χ2n) is 5.30. The van der Waals surface area contributed by atoms with Gasteiger partial charge in [-0.1, -0.05) is 0 Å². The van der Waals surface area contributed by atoms with Crippen LogP contribution in [0, 0.1) is 0 Å². The predicted molar refractivity (Wildman–Crippen MR) is 91.0 cm³/mol. The highest BCUT2D eigenvalue weighted by Crippen LogP contribution is 2.28. The zero-order valence-electron chi connectivity index (χ0n) is 12.2. The molecule has 1 saturated carbocycles. The van der Waals surface area contributed by atoms with Crippen molar-refractivity contribution in [2.24, 2.45) is 0 Å². The first-order chi connectivity index (χ1) is 11.0. The zero-order chi connectivity index (χ0) is 16.3. The first-order valence-corrected chi connectivity index (χ1v) is 10.3. The van der Waals surface area contributed by atoms with E-state index in [9.17, 15) is 8.42 Å². The first kappa shape index (κ1) is 16.8. The Kier molecular flexibility index (Phi) is 5.30. The molecule has 6 nitrogen and oxygen atoms in total. The van der Waals surface area contributed by atoms with Gasteiger partial charge in [0.1, 0.15) is 10.3 Å². The molecule has 0 saturated heterocycles. The number of halogens is 1. The molecule has 2 aromatic rings. The maximum atomic E-state index is 12.3. The van der Waals surface area contributed by atoms with E-state index in [-0.39, 0.29) is 12.1 Å². The van der Waals surface area contributed by atoms with Crippen LogP contribution in [0.5, 0.6) is 6.01 Å². The third-order valence-corrected chi connectivity index (χ3v) is 7.26. The smallest absolute Gasteiger partial charge is 0.316 e. The summed E-state index contributed by atoms with van der Waals surface area (Å²) in [6.07, 6.45) is 6.35. The van der Waals surface area contributed by atoms with E-state index in [2.05, 4.69) is 30.6 Å². The highest BCUT2D eigenvalue weighted by molar-refractivity contribution is 9.11. The average molecular weight is 418 g/mol. The van der Waals surface area contributed by atoms with Gasteiger partial charge in [0.25, 0.3) is 0 Å². The Hall–Kier alpha value is -1.03. The van der Waals surface area contributed by atoms with Gasteiger partial charge in [-0.3, -0.25) is 0 Å². The first-order valence-electron chi connectivity index (χ1n) is 7.24. The molecular weight excluding hydrogens is 402 g/mol. The van der Waals surface area contributed by atoms with Gasteiger partial charge in [0, 0.05) is 18.4 Å². The van der Waals surface area contributed by atoms with E-state index in [0.29, 0.717) is 10.2 Å². The molecule has 2 heterocycles. The Balaban J connectivity index is 1.53. The van der Waals surface area contributed by atoms with Gasteiger partial charge in [0.05, 0.1) is 3.79 Å². The normalized spacial score (nSPS) is 22.0. The lowest BCUT2D eigenvalue weighted by Crippen LogP contribution is -2.39. The van der Waals surface area contributed by atoms with E-state index in [4.69, 9.17) is 4.74 Å². The maximum absolute atomic E-state index is 12.3. The van der Waals surface area contributed by atoms with Crippen LogP contribution in [0.25, 0.3) is 0 Å². The topological polar surface area (TPSA) is 81.2 Å². The molecule has 1 aliphatic carbocycles. The number of thiophene rings is 1. The number of ether oxygens (including phenoxy) is 1. The van der Waals surface area contributed by atoms with Gasteiger partial charge >= 0.3 is 6.01 Å². The number of rotatable bonds is 5. The van der Waals surface area contributed by atoms with E-state index in [1.165, 1.54) is 11.3 Å². The number of hydrogen-bond donors (Lipinski definition) is 1. The molecule has 0 radical (unpaired) electrons. The van der Waals surface area contributed by atoms with Gasteiger partial charge in [-0.25, -0.2) is 23.1 Å². The van der Waals surface area contributed by atoms with Crippen LogP contribution in [0.1, 0.15) is 25.7 Å². The molecule has 1 fully saturated rings. The van der Waals surface area contributed by atoms with Crippen molar-refractivity contribution in [3.63, 3.8) is 0 Å². The minimum Gasteiger partial charge on any atom is -0.460 e. The summed E-state index contributed by atoms with van der Waals surface area (Å²) in [5.41, 5.74) is 0. The van der Waals surface area contributed by atoms with E-state index >= 15 is 0 Å². The van der Waals surface area contributed by atoms with Crippen LogP contribution in [0.2, 0.25) is 0 Å². The average Bonchev–Trinajstić information content (AvgIpc) is 2.98. The van der Waals surface area contributed by atoms with E-state index in [1.54, 1.807) is 30.6 Å². The molecule has 1 N–H and O–H groups in total. The number of aromatic nitrogens is 2. The summed E-state index contributed by atoms with van der Waals surface area (Å²) in [4.78, 5) is 8.09. The molecule has 0 aromatic carbocycles. The van der Waals surface area contributed by atoms with Gasteiger partial charge in [-0.2, -0.15) is 0 Å².